The Hall–Kier alpha value is -1.75. The molecule has 5 heteroatoms. The highest BCUT2D eigenvalue weighted by molar-refractivity contribution is 5.80. The minimum atomic E-state index is -0.0453. The van der Waals surface area contributed by atoms with Crippen molar-refractivity contribution in [2.45, 2.75) is 33.6 Å². The van der Waals surface area contributed by atoms with Crippen molar-refractivity contribution in [2.24, 2.45) is 10.9 Å². The molecule has 2 rings (SSSR count). The number of amides is 1. The summed E-state index contributed by atoms with van der Waals surface area (Å²) in [5.41, 5.74) is 2.13. The van der Waals surface area contributed by atoms with Crippen LogP contribution in [0, 0.1) is 5.92 Å². The molecule has 0 bridgehead atoms. The number of hydrogen-bond acceptors (Lipinski definition) is 3. The molecular weight excluding hydrogens is 240 g/mol. The van der Waals surface area contributed by atoms with Crippen LogP contribution >= 0.6 is 0 Å². The van der Waals surface area contributed by atoms with E-state index in [1.165, 1.54) is 10.9 Å². The molecule has 0 saturated heterocycles. The minimum absolute atomic E-state index is 0.0453. The summed E-state index contributed by atoms with van der Waals surface area (Å²) in [6, 6.07) is -0.0453. The number of imidazole rings is 1. The largest absolute Gasteiger partial charge is 0.439 e. The number of carbonyl (C=O) groups excluding carboxylic acids is 1. The lowest BCUT2D eigenvalue weighted by atomic mass is 10.0. The number of quaternary nitrogens is 1. The van der Waals surface area contributed by atoms with E-state index >= 15 is 0 Å². The third-order valence-corrected chi connectivity index (χ3v) is 3.40. The standard InChI is InChI=1S/C14H21N4O/c1-5-6-12-13(11(2)3)18(4,10-16-12)14(19)17-8-7-15-9-17/h7-11H,5-6H2,1-4H3/q+1. The van der Waals surface area contributed by atoms with Crippen LogP contribution in [0.4, 0.5) is 4.79 Å². The molecule has 0 aromatic carbocycles. The van der Waals surface area contributed by atoms with Gasteiger partial charge < -0.3 is 0 Å². The third kappa shape index (κ3) is 2.26. The van der Waals surface area contributed by atoms with Gasteiger partial charge in [-0.05, 0) is 6.42 Å². The highest BCUT2D eigenvalue weighted by Gasteiger charge is 2.43. The zero-order chi connectivity index (χ0) is 14.0. The molecule has 1 aliphatic rings. The third-order valence-electron chi connectivity index (χ3n) is 3.40. The van der Waals surface area contributed by atoms with Crippen LogP contribution < -0.4 is 0 Å². The Bertz CT molecular complexity index is 528. The number of hydrogen-bond donors (Lipinski definition) is 0. The number of rotatable bonds is 3. The first kappa shape index (κ1) is 13.7. The maximum atomic E-state index is 12.7. The molecule has 1 aromatic heterocycles. The average molecular weight is 261 g/mol. The van der Waals surface area contributed by atoms with E-state index in [1.807, 2.05) is 7.05 Å². The molecule has 0 N–H and O–H groups in total. The van der Waals surface area contributed by atoms with Gasteiger partial charge in [-0.2, -0.15) is 4.48 Å². The second-order valence-electron chi connectivity index (χ2n) is 5.31. The summed E-state index contributed by atoms with van der Waals surface area (Å²) < 4.78 is 1.63. The number of aromatic nitrogens is 2. The predicted octanol–water partition coefficient (Wildman–Crippen LogP) is 3.01. The number of allylic oxidation sites excluding steroid dienone is 2. The molecule has 0 spiro atoms. The van der Waals surface area contributed by atoms with Gasteiger partial charge in [0.1, 0.15) is 17.7 Å². The molecule has 102 valence electrons. The van der Waals surface area contributed by atoms with Crippen molar-refractivity contribution in [3.8, 4) is 0 Å². The van der Waals surface area contributed by atoms with E-state index in [9.17, 15) is 4.79 Å². The second kappa shape index (κ2) is 5.09. The van der Waals surface area contributed by atoms with Gasteiger partial charge in [0, 0.05) is 18.3 Å². The summed E-state index contributed by atoms with van der Waals surface area (Å²) in [6.07, 6.45) is 8.51. The van der Waals surface area contributed by atoms with Crippen molar-refractivity contribution in [3.63, 3.8) is 0 Å². The van der Waals surface area contributed by atoms with Crippen LogP contribution in [-0.4, -0.2) is 33.5 Å². The minimum Gasteiger partial charge on any atom is -0.245 e. The first-order chi connectivity index (χ1) is 9.00. The predicted molar refractivity (Wildman–Crippen MR) is 74.5 cm³/mol. The van der Waals surface area contributed by atoms with E-state index in [4.69, 9.17) is 0 Å². The van der Waals surface area contributed by atoms with Gasteiger partial charge in [0.2, 0.25) is 6.34 Å². The molecule has 0 saturated carbocycles. The van der Waals surface area contributed by atoms with Crippen molar-refractivity contribution in [1.82, 2.24) is 9.55 Å². The van der Waals surface area contributed by atoms with Gasteiger partial charge in [0.25, 0.3) is 0 Å². The van der Waals surface area contributed by atoms with E-state index < -0.39 is 0 Å². The van der Waals surface area contributed by atoms with Crippen molar-refractivity contribution >= 4 is 12.4 Å². The maximum absolute atomic E-state index is 12.7. The Morgan fingerprint density at radius 1 is 1.47 bits per heavy atom. The van der Waals surface area contributed by atoms with Gasteiger partial charge in [-0.1, -0.05) is 27.2 Å². The van der Waals surface area contributed by atoms with Gasteiger partial charge in [-0.25, -0.2) is 19.3 Å². The number of carbonyl (C=O) groups is 1. The molecule has 1 aromatic rings. The summed E-state index contributed by atoms with van der Waals surface area (Å²) in [7, 11) is 1.89. The summed E-state index contributed by atoms with van der Waals surface area (Å²) in [5, 5.41) is 0. The molecule has 0 fully saturated rings. The topological polar surface area (TPSA) is 47.2 Å². The lowest BCUT2D eigenvalue weighted by Crippen LogP contribution is -2.49. The molecule has 5 nitrogen and oxygen atoms in total. The van der Waals surface area contributed by atoms with Crippen molar-refractivity contribution < 1.29 is 9.28 Å². The van der Waals surface area contributed by atoms with Crippen LogP contribution in [0.5, 0.6) is 0 Å². The Kier molecular flexibility index (Phi) is 3.66. The fourth-order valence-electron chi connectivity index (χ4n) is 2.65. The first-order valence-corrected chi connectivity index (χ1v) is 6.68. The van der Waals surface area contributed by atoms with Crippen LogP contribution in [0.1, 0.15) is 33.6 Å². The van der Waals surface area contributed by atoms with Crippen molar-refractivity contribution in [2.75, 3.05) is 7.05 Å². The number of aliphatic imine (C=N–C) groups is 1. The van der Waals surface area contributed by atoms with Gasteiger partial charge in [0.05, 0.1) is 7.05 Å². The molecule has 2 heterocycles. The molecule has 1 atom stereocenters. The second-order valence-corrected chi connectivity index (χ2v) is 5.31. The van der Waals surface area contributed by atoms with Gasteiger partial charge in [-0.3, -0.25) is 0 Å². The SMILES string of the molecule is CCCC1=C(C(C)C)[N+](C)(C(=O)n2ccnc2)C=N1. The van der Waals surface area contributed by atoms with Gasteiger partial charge in [0.15, 0.2) is 0 Å². The quantitative estimate of drug-likeness (QED) is 0.785. The molecule has 0 aliphatic carbocycles. The monoisotopic (exact) mass is 261 g/mol. The van der Waals surface area contributed by atoms with Crippen molar-refractivity contribution in [3.05, 3.63) is 30.1 Å². The summed E-state index contributed by atoms with van der Waals surface area (Å²) in [6.45, 7) is 6.34. The summed E-state index contributed by atoms with van der Waals surface area (Å²) in [4.78, 5) is 21.1. The Balaban J connectivity index is 2.43. The molecule has 19 heavy (non-hydrogen) atoms. The Morgan fingerprint density at radius 2 is 2.21 bits per heavy atom. The molecule has 1 aliphatic heterocycles. The fourth-order valence-corrected chi connectivity index (χ4v) is 2.65. The van der Waals surface area contributed by atoms with Crippen LogP contribution in [0.25, 0.3) is 0 Å². The fraction of sp³-hybridized carbons (Fsp3) is 0.500. The molecule has 1 amide bonds. The highest BCUT2D eigenvalue weighted by atomic mass is 16.2. The van der Waals surface area contributed by atoms with E-state index in [0.29, 0.717) is 0 Å². The average Bonchev–Trinajstić information content (AvgIpc) is 2.97. The number of nitrogens with zero attached hydrogens (tertiary/aromatic N) is 4. The lowest BCUT2D eigenvalue weighted by Gasteiger charge is -2.27. The van der Waals surface area contributed by atoms with Crippen LogP contribution in [0.15, 0.2) is 35.1 Å². The smallest absolute Gasteiger partial charge is 0.245 e. The summed E-state index contributed by atoms with van der Waals surface area (Å²) in [5.74, 6) is 0.279. The normalized spacial score (nSPS) is 22.6. The van der Waals surface area contributed by atoms with Gasteiger partial charge >= 0.3 is 6.03 Å². The Morgan fingerprint density at radius 3 is 2.74 bits per heavy atom. The zero-order valence-electron chi connectivity index (χ0n) is 12.0. The van der Waals surface area contributed by atoms with E-state index in [2.05, 4.69) is 30.7 Å². The molecule has 0 radical (unpaired) electrons. The van der Waals surface area contributed by atoms with E-state index in [1.54, 1.807) is 18.7 Å². The Labute approximate surface area is 113 Å². The van der Waals surface area contributed by atoms with E-state index in [0.717, 1.165) is 24.2 Å². The lowest BCUT2D eigenvalue weighted by molar-refractivity contribution is -0.686. The molecular formula is C14H21N4O+. The molecule has 1 unspecified atom stereocenters. The maximum Gasteiger partial charge on any atom is 0.439 e. The van der Waals surface area contributed by atoms with Crippen LogP contribution in [-0.2, 0) is 0 Å². The zero-order valence-corrected chi connectivity index (χ0v) is 12.0. The van der Waals surface area contributed by atoms with E-state index in [-0.39, 0.29) is 16.4 Å². The van der Waals surface area contributed by atoms with Crippen molar-refractivity contribution in [1.29, 1.82) is 0 Å². The van der Waals surface area contributed by atoms with Gasteiger partial charge in [-0.15, -0.1) is 0 Å². The van der Waals surface area contributed by atoms with Crippen LogP contribution in [0.3, 0.4) is 0 Å². The van der Waals surface area contributed by atoms with Crippen LogP contribution in [0.2, 0.25) is 0 Å². The highest BCUT2D eigenvalue weighted by Crippen LogP contribution is 2.33. The summed E-state index contributed by atoms with van der Waals surface area (Å²) >= 11 is 0. The first-order valence-electron chi connectivity index (χ1n) is 6.68.